The highest BCUT2D eigenvalue weighted by molar-refractivity contribution is 7.12. The number of carbonyl (C=O) groups excluding carboxylic acids is 3. The van der Waals surface area contributed by atoms with Crippen molar-refractivity contribution < 1.29 is 19.1 Å². The number of carbonyl (C=O) groups is 3. The molecule has 1 aromatic heterocycles. The fourth-order valence-corrected chi connectivity index (χ4v) is 3.16. The number of hydrogen-bond acceptors (Lipinski definition) is 5. The molecule has 0 atom stereocenters. The molecule has 1 aromatic carbocycles. The third kappa shape index (κ3) is 3.65. The first-order valence-corrected chi connectivity index (χ1v) is 8.18. The summed E-state index contributed by atoms with van der Waals surface area (Å²) in [6, 6.07) is 8.79. The van der Waals surface area contributed by atoms with Crippen LogP contribution in [0.25, 0.3) is 0 Å². The molecule has 23 heavy (non-hydrogen) atoms. The van der Waals surface area contributed by atoms with Gasteiger partial charge >= 0.3 is 5.97 Å². The smallest absolute Gasteiger partial charge is 0.338 e. The summed E-state index contributed by atoms with van der Waals surface area (Å²) in [6.45, 7) is -0.479. The van der Waals surface area contributed by atoms with Gasteiger partial charge in [-0.25, -0.2) is 4.79 Å². The van der Waals surface area contributed by atoms with Gasteiger partial charge in [-0.3, -0.25) is 14.9 Å². The van der Waals surface area contributed by atoms with Crippen LogP contribution >= 0.6 is 11.3 Å². The molecule has 0 unspecified atom stereocenters. The van der Waals surface area contributed by atoms with Crippen molar-refractivity contribution in [3.8, 4) is 0 Å². The number of thiophene rings is 1. The van der Waals surface area contributed by atoms with Gasteiger partial charge in [-0.15, -0.1) is 11.3 Å². The molecule has 1 heterocycles. The minimum atomic E-state index is -0.641. The maximum absolute atomic E-state index is 12.0. The molecular weight excluding hydrogens is 314 g/mol. The van der Waals surface area contributed by atoms with Crippen molar-refractivity contribution in [3.05, 3.63) is 57.3 Å². The van der Waals surface area contributed by atoms with Crippen LogP contribution in [0.15, 0.2) is 35.7 Å². The molecule has 2 amide bonds. The van der Waals surface area contributed by atoms with Crippen LogP contribution in [0.3, 0.4) is 0 Å². The lowest BCUT2D eigenvalue weighted by molar-refractivity contribution is -0.123. The number of hydrogen-bond donors (Lipinski definition) is 1. The molecule has 1 N–H and O–H groups in total. The number of fused-ring (bicyclic) bond motifs is 1. The number of esters is 1. The lowest BCUT2D eigenvalue weighted by atomic mass is 10.1. The van der Waals surface area contributed by atoms with Gasteiger partial charge < -0.3 is 4.74 Å². The molecule has 5 nitrogen and oxygen atoms in total. The number of rotatable bonds is 4. The molecule has 2 aromatic rings. The number of amides is 2. The van der Waals surface area contributed by atoms with Gasteiger partial charge in [0.05, 0.1) is 10.4 Å². The Hall–Kier alpha value is -2.47. The highest BCUT2D eigenvalue weighted by Gasteiger charge is 2.17. The van der Waals surface area contributed by atoms with Crippen molar-refractivity contribution in [2.45, 2.75) is 19.3 Å². The Morgan fingerprint density at radius 3 is 2.74 bits per heavy atom. The van der Waals surface area contributed by atoms with Crippen molar-refractivity contribution in [1.29, 1.82) is 0 Å². The van der Waals surface area contributed by atoms with Crippen LogP contribution in [0, 0.1) is 0 Å². The van der Waals surface area contributed by atoms with Gasteiger partial charge in [-0.1, -0.05) is 12.1 Å². The number of nitrogens with one attached hydrogen (secondary N) is 1. The number of aryl methyl sites for hydroxylation is 2. The lowest BCUT2D eigenvalue weighted by Crippen LogP contribution is -2.33. The van der Waals surface area contributed by atoms with E-state index in [1.165, 1.54) is 16.9 Å². The van der Waals surface area contributed by atoms with Crippen LogP contribution in [-0.4, -0.2) is 24.4 Å². The van der Waals surface area contributed by atoms with E-state index in [9.17, 15) is 14.4 Å². The van der Waals surface area contributed by atoms with Gasteiger partial charge in [0, 0.05) is 0 Å². The van der Waals surface area contributed by atoms with Gasteiger partial charge in [0.2, 0.25) is 0 Å². The van der Waals surface area contributed by atoms with E-state index >= 15 is 0 Å². The molecule has 1 aliphatic rings. The molecule has 0 radical (unpaired) electrons. The fourth-order valence-electron chi connectivity index (χ4n) is 2.55. The van der Waals surface area contributed by atoms with E-state index in [4.69, 9.17) is 4.74 Å². The first-order valence-electron chi connectivity index (χ1n) is 7.30. The fraction of sp³-hybridized carbons (Fsp3) is 0.235. The second kappa shape index (κ2) is 6.75. The van der Waals surface area contributed by atoms with Crippen molar-refractivity contribution in [1.82, 2.24) is 5.32 Å². The third-order valence-corrected chi connectivity index (χ3v) is 4.54. The molecule has 3 rings (SSSR count). The van der Waals surface area contributed by atoms with Crippen LogP contribution in [0.5, 0.6) is 0 Å². The van der Waals surface area contributed by atoms with Gasteiger partial charge in [-0.05, 0) is 54.0 Å². The zero-order valence-electron chi connectivity index (χ0n) is 12.3. The van der Waals surface area contributed by atoms with E-state index in [-0.39, 0.29) is 0 Å². The molecule has 0 saturated heterocycles. The Morgan fingerprint density at radius 2 is 1.96 bits per heavy atom. The topological polar surface area (TPSA) is 72.5 Å². The van der Waals surface area contributed by atoms with Crippen molar-refractivity contribution in [2.75, 3.05) is 6.61 Å². The first-order chi connectivity index (χ1) is 11.1. The minimum Gasteiger partial charge on any atom is -0.452 e. The van der Waals surface area contributed by atoms with Crippen LogP contribution in [0.1, 0.15) is 37.6 Å². The molecular formula is C17H15NO4S. The molecule has 0 saturated carbocycles. The largest absolute Gasteiger partial charge is 0.452 e. The highest BCUT2D eigenvalue weighted by atomic mass is 32.1. The highest BCUT2D eigenvalue weighted by Crippen LogP contribution is 2.23. The van der Waals surface area contributed by atoms with E-state index < -0.39 is 24.4 Å². The Balaban J connectivity index is 1.52. The molecule has 6 heteroatoms. The summed E-state index contributed by atoms with van der Waals surface area (Å²) in [5, 5.41) is 3.93. The summed E-state index contributed by atoms with van der Waals surface area (Å²) in [5.41, 5.74) is 2.86. The van der Waals surface area contributed by atoms with E-state index in [0.29, 0.717) is 10.4 Å². The molecule has 0 fully saturated rings. The molecule has 0 bridgehead atoms. The van der Waals surface area contributed by atoms with E-state index in [1.54, 1.807) is 23.6 Å². The molecule has 118 valence electrons. The summed E-state index contributed by atoms with van der Waals surface area (Å²) >= 11 is 1.23. The second-order valence-corrected chi connectivity index (χ2v) is 6.22. The summed E-state index contributed by atoms with van der Waals surface area (Å²) in [4.78, 5) is 35.8. The summed E-state index contributed by atoms with van der Waals surface area (Å²) in [6.07, 6.45) is 3.10. The maximum atomic E-state index is 12.0. The predicted molar refractivity (Wildman–Crippen MR) is 85.5 cm³/mol. The van der Waals surface area contributed by atoms with Gasteiger partial charge in [0.1, 0.15) is 0 Å². The summed E-state index contributed by atoms with van der Waals surface area (Å²) in [7, 11) is 0. The van der Waals surface area contributed by atoms with Crippen LogP contribution < -0.4 is 5.32 Å². The Labute approximate surface area is 137 Å². The van der Waals surface area contributed by atoms with Gasteiger partial charge in [0.25, 0.3) is 11.8 Å². The van der Waals surface area contributed by atoms with E-state index in [1.807, 2.05) is 12.1 Å². The minimum absolute atomic E-state index is 0.433. The third-order valence-electron chi connectivity index (χ3n) is 3.67. The Morgan fingerprint density at radius 1 is 1.13 bits per heavy atom. The van der Waals surface area contributed by atoms with Crippen molar-refractivity contribution in [3.63, 3.8) is 0 Å². The van der Waals surface area contributed by atoms with Gasteiger partial charge in [0.15, 0.2) is 6.61 Å². The molecule has 1 aliphatic carbocycles. The first kappa shape index (κ1) is 15.4. The zero-order valence-corrected chi connectivity index (χ0v) is 13.2. The normalized spacial score (nSPS) is 12.5. The van der Waals surface area contributed by atoms with E-state index in [0.717, 1.165) is 24.8 Å². The van der Waals surface area contributed by atoms with E-state index in [2.05, 4.69) is 5.32 Å². The number of benzene rings is 1. The summed E-state index contributed by atoms with van der Waals surface area (Å²) < 4.78 is 4.97. The number of imide groups is 1. The quantitative estimate of drug-likeness (QED) is 0.874. The Bertz CT molecular complexity index is 752. The lowest BCUT2D eigenvalue weighted by Gasteiger charge is -2.06. The second-order valence-electron chi connectivity index (χ2n) is 5.27. The average Bonchev–Trinajstić information content (AvgIpc) is 3.22. The molecule has 0 aliphatic heterocycles. The zero-order chi connectivity index (χ0) is 16.2. The van der Waals surface area contributed by atoms with Gasteiger partial charge in [-0.2, -0.15) is 0 Å². The monoisotopic (exact) mass is 329 g/mol. The van der Waals surface area contributed by atoms with Crippen LogP contribution in [0.2, 0.25) is 0 Å². The SMILES string of the molecule is O=C(COC(=O)c1ccc2c(c1)CCC2)NC(=O)c1cccs1. The maximum Gasteiger partial charge on any atom is 0.338 e. The standard InChI is InChI=1S/C17H15NO4S/c19-15(18-16(20)14-5-2-8-23-14)10-22-17(21)13-7-6-11-3-1-4-12(11)9-13/h2,5-9H,1,3-4,10H2,(H,18,19,20). The van der Waals surface area contributed by atoms with Crippen LogP contribution in [-0.2, 0) is 22.4 Å². The van der Waals surface area contributed by atoms with Crippen LogP contribution in [0.4, 0.5) is 0 Å². The molecule has 0 spiro atoms. The van der Waals surface area contributed by atoms with Crippen molar-refractivity contribution >= 4 is 29.1 Å². The predicted octanol–water partition coefficient (Wildman–Crippen LogP) is 2.35. The average molecular weight is 329 g/mol. The Kier molecular flexibility index (Phi) is 4.52. The number of ether oxygens (including phenoxy) is 1. The summed E-state index contributed by atoms with van der Waals surface area (Å²) in [5.74, 6) is -1.69. The van der Waals surface area contributed by atoms with Crippen molar-refractivity contribution in [2.24, 2.45) is 0 Å².